The topological polar surface area (TPSA) is 64.7 Å². The van der Waals surface area contributed by atoms with Gasteiger partial charge < -0.3 is 20.4 Å². The fourth-order valence-corrected chi connectivity index (χ4v) is 5.67. The lowest BCUT2D eigenvalue weighted by Crippen LogP contribution is -2.47. The van der Waals surface area contributed by atoms with Gasteiger partial charge in [0.25, 0.3) is 0 Å². The zero-order chi connectivity index (χ0) is 28.9. The van der Waals surface area contributed by atoms with Gasteiger partial charge in [-0.3, -0.25) is 9.59 Å². The molecule has 1 aliphatic heterocycles. The van der Waals surface area contributed by atoms with Gasteiger partial charge in [0, 0.05) is 52.1 Å². The van der Waals surface area contributed by atoms with E-state index >= 15 is 0 Å². The number of hydrogen-bond acceptors (Lipinski definition) is 4. The van der Waals surface area contributed by atoms with Crippen molar-refractivity contribution in [2.24, 2.45) is 0 Å². The Balaban J connectivity index is 1.86. The molecule has 6 heteroatoms. The van der Waals surface area contributed by atoms with Crippen LogP contribution in [0.1, 0.15) is 155 Å². The number of hydrogen-bond donors (Lipinski definition) is 2. The number of rotatable bonds is 28. The van der Waals surface area contributed by atoms with Crippen LogP contribution in [0.3, 0.4) is 0 Å². The number of carbonyl (C=O) groups is 2. The first-order chi connectivity index (χ1) is 19.7. The van der Waals surface area contributed by atoms with Gasteiger partial charge in [-0.15, -0.1) is 0 Å². The van der Waals surface area contributed by atoms with Crippen molar-refractivity contribution in [1.82, 2.24) is 20.4 Å². The van der Waals surface area contributed by atoms with E-state index in [0.29, 0.717) is 12.8 Å². The molecule has 40 heavy (non-hydrogen) atoms. The van der Waals surface area contributed by atoms with Crippen molar-refractivity contribution in [3.63, 3.8) is 0 Å². The summed E-state index contributed by atoms with van der Waals surface area (Å²) in [5.74, 6) is 0.459. The summed E-state index contributed by atoms with van der Waals surface area (Å²) >= 11 is 0. The first kappa shape index (κ1) is 36.9. The Bertz CT molecular complexity index is 528. The third-order valence-electron chi connectivity index (χ3n) is 8.43. The molecule has 1 rings (SSSR count). The minimum atomic E-state index is 0.230. The van der Waals surface area contributed by atoms with E-state index in [9.17, 15) is 9.59 Å². The zero-order valence-corrected chi connectivity index (χ0v) is 26.9. The van der Waals surface area contributed by atoms with Gasteiger partial charge in [0.1, 0.15) is 0 Å². The number of amides is 2. The highest BCUT2D eigenvalue weighted by molar-refractivity contribution is 5.76. The van der Waals surface area contributed by atoms with Gasteiger partial charge in [0.05, 0.1) is 0 Å². The molecule has 0 radical (unpaired) electrons. The van der Waals surface area contributed by atoms with Crippen LogP contribution in [0, 0.1) is 0 Å². The first-order valence-electron chi connectivity index (χ1n) is 17.6. The first-order valence-corrected chi connectivity index (χ1v) is 17.6. The number of piperazine rings is 1. The van der Waals surface area contributed by atoms with Gasteiger partial charge >= 0.3 is 0 Å². The van der Waals surface area contributed by atoms with Crippen molar-refractivity contribution in [3.05, 3.63) is 0 Å². The van der Waals surface area contributed by atoms with Gasteiger partial charge in [0.15, 0.2) is 0 Å². The van der Waals surface area contributed by atoms with E-state index in [4.69, 9.17) is 0 Å². The van der Waals surface area contributed by atoms with Crippen molar-refractivity contribution in [1.29, 1.82) is 0 Å². The second kappa shape index (κ2) is 28.0. The van der Waals surface area contributed by atoms with E-state index in [2.05, 4.69) is 34.3 Å². The molecule has 236 valence electrons. The molecule has 0 bridgehead atoms. The molecule has 0 aromatic carbocycles. The van der Waals surface area contributed by atoms with Crippen molar-refractivity contribution in [2.75, 3.05) is 52.4 Å². The second-order valence-corrected chi connectivity index (χ2v) is 12.2. The van der Waals surface area contributed by atoms with E-state index in [1.54, 1.807) is 0 Å². The molecule has 6 nitrogen and oxygen atoms in total. The highest BCUT2D eigenvalue weighted by Crippen LogP contribution is 2.11. The van der Waals surface area contributed by atoms with Gasteiger partial charge in [0.2, 0.25) is 11.8 Å². The van der Waals surface area contributed by atoms with Crippen LogP contribution in [0.4, 0.5) is 0 Å². The van der Waals surface area contributed by atoms with Crippen molar-refractivity contribution >= 4 is 11.8 Å². The van der Waals surface area contributed by atoms with E-state index in [1.807, 2.05) is 0 Å². The summed E-state index contributed by atoms with van der Waals surface area (Å²) in [5.41, 5.74) is 0. The maximum atomic E-state index is 12.1. The van der Waals surface area contributed by atoms with Crippen LogP contribution < -0.4 is 10.6 Å². The molecule has 1 fully saturated rings. The van der Waals surface area contributed by atoms with Crippen molar-refractivity contribution in [2.45, 2.75) is 155 Å². The predicted molar refractivity (Wildman–Crippen MR) is 172 cm³/mol. The largest absolute Gasteiger partial charge is 0.356 e. The Hall–Kier alpha value is -1.14. The molecule has 0 aliphatic carbocycles. The van der Waals surface area contributed by atoms with E-state index in [0.717, 1.165) is 78.0 Å². The summed E-state index contributed by atoms with van der Waals surface area (Å²) in [6, 6.07) is 0. The molecule has 0 spiro atoms. The summed E-state index contributed by atoms with van der Waals surface area (Å²) in [6.45, 7) is 12.7. The molecule has 0 aromatic rings. The molecule has 2 amide bonds. The van der Waals surface area contributed by atoms with E-state index in [1.165, 1.54) is 103 Å². The molecule has 0 atom stereocenters. The smallest absolute Gasteiger partial charge is 0.219 e. The van der Waals surface area contributed by atoms with Gasteiger partial charge in [-0.05, 0) is 38.8 Å². The monoisotopic (exact) mass is 565 g/mol. The van der Waals surface area contributed by atoms with Crippen LogP contribution in [0.25, 0.3) is 0 Å². The highest BCUT2D eigenvalue weighted by Gasteiger charge is 2.16. The summed E-state index contributed by atoms with van der Waals surface area (Å²) < 4.78 is 0. The SMILES string of the molecule is CCCCCCCCCCCC(=O)NCCCN1CCN(CCCNC(=O)CCCCCCCCCCC)CC1. The van der Waals surface area contributed by atoms with Gasteiger partial charge in [-0.1, -0.05) is 117 Å². The summed E-state index contributed by atoms with van der Waals surface area (Å²) in [7, 11) is 0. The molecule has 1 heterocycles. The Labute approximate surface area is 249 Å². The van der Waals surface area contributed by atoms with Crippen LogP contribution in [0.2, 0.25) is 0 Å². The maximum absolute atomic E-state index is 12.1. The quantitative estimate of drug-likeness (QED) is 0.0968. The lowest BCUT2D eigenvalue weighted by atomic mass is 10.1. The molecular formula is C34H68N4O2. The standard InChI is InChI=1S/C34H68N4O2/c1-3-5-7-9-11-13-15-17-19-23-33(39)35-25-21-27-37-29-31-38(32-30-37)28-22-26-36-34(40)24-20-18-16-14-12-10-8-6-4-2/h3-32H2,1-2H3,(H,35,39)(H,36,40). The second-order valence-electron chi connectivity index (χ2n) is 12.2. The molecule has 2 N–H and O–H groups in total. The zero-order valence-electron chi connectivity index (χ0n) is 26.9. The Kier molecular flexibility index (Phi) is 25.8. The van der Waals surface area contributed by atoms with Gasteiger partial charge in [-0.25, -0.2) is 0 Å². The van der Waals surface area contributed by atoms with Crippen LogP contribution >= 0.6 is 0 Å². The summed E-state index contributed by atoms with van der Waals surface area (Å²) in [6.07, 6.45) is 26.7. The summed E-state index contributed by atoms with van der Waals surface area (Å²) in [5, 5.41) is 6.24. The van der Waals surface area contributed by atoms with Gasteiger partial charge in [-0.2, -0.15) is 0 Å². The third kappa shape index (κ3) is 23.6. The van der Waals surface area contributed by atoms with Crippen LogP contribution in [-0.2, 0) is 9.59 Å². The highest BCUT2D eigenvalue weighted by atomic mass is 16.2. The van der Waals surface area contributed by atoms with Crippen LogP contribution in [0.5, 0.6) is 0 Å². The number of unbranched alkanes of at least 4 members (excludes halogenated alkanes) is 16. The fourth-order valence-electron chi connectivity index (χ4n) is 5.67. The molecule has 0 unspecified atom stereocenters. The molecule has 0 saturated carbocycles. The predicted octanol–water partition coefficient (Wildman–Crippen LogP) is 7.46. The number of nitrogens with zero attached hydrogens (tertiary/aromatic N) is 2. The third-order valence-corrected chi connectivity index (χ3v) is 8.43. The lowest BCUT2D eigenvalue weighted by Gasteiger charge is -2.34. The maximum Gasteiger partial charge on any atom is 0.219 e. The Morgan fingerprint density at radius 1 is 0.450 bits per heavy atom. The lowest BCUT2D eigenvalue weighted by molar-refractivity contribution is -0.122. The average Bonchev–Trinajstić information content (AvgIpc) is 2.96. The molecule has 1 aliphatic rings. The fraction of sp³-hybridized carbons (Fsp3) is 0.941. The van der Waals surface area contributed by atoms with Crippen molar-refractivity contribution < 1.29 is 9.59 Å². The Morgan fingerprint density at radius 2 is 0.750 bits per heavy atom. The molecular weight excluding hydrogens is 496 g/mol. The van der Waals surface area contributed by atoms with E-state index in [-0.39, 0.29) is 11.8 Å². The van der Waals surface area contributed by atoms with Crippen molar-refractivity contribution in [3.8, 4) is 0 Å². The van der Waals surface area contributed by atoms with Crippen LogP contribution in [-0.4, -0.2) is 74.0 Å². The molecule has 0 aromatic heterocycles. The summed E-state index contributed by atoms with van der Waals surface area (Å²) in [4.78, 5) is 29.2. The minimum Gasteiger partial charge on any atom is -0.356 e. The Morgan fingerprint density at radius 3 is 1.07 bits per heavy atom. The minimum absolute atomic E-state index is 0.230. The number of nitrogens with one attached hydrogen (secondary N) is 2. The van der Waals surface area contributed by atoms with Crippen LogP contribution in [0.15, 0.2) is 0 Å². The normalized spacial score (nSPS) is 14.4. The number of carbonyl (C=O) groups excluding carboxylic acids is 2. The van der Waals surface area contributed by atoms with E-state index < -0.39 is 0 Å². The average molecular weight is 565 g/mol. The molecule has 1 saturated heterocycles.